The fraction of sp³-hybridized carbons (Fsp3) is 0.200. The number of halogens is 2. The molecule has 140 valence electrons. The van der Waals surface area contributed by atoms with E-state index in [2.05, 4.69) is 15.9 Å². The number of nitrogens with zero attached hydrogens (tertiary/aromatic N) is 1. The Bertz CT molecular complexity index is 893. The molecular weight excluding hydrogens is 434 g/mol. The fourth-order valence-electron chi connectivity index (χ4n) is 3.11. The van der Waals surface area contributed by atoms with Gasteiger partial charge >= 0.3 is 0 Å². The summed E-state index contributed by atoms with van der Waals surface area (Å²) in [6.07, 6.45) is 0.334. The number of aliphatic hydroxyl groups excluding tert-OH is 2. The summed E-state index contributed by atoms with van der Waals surface area (Å²) in [6.45, 7) is 0.104. The first-order valence-corrected chi connectivity index (χ1v) is 9.52. The molecule has 1 atom stereocenters. The van der Waals surface area contributed by atoms with Crippen LogP contribution in [0.1, 0.15) is 23.6 Å². The monoisotopic (exact) mass is 449 g/mol. The zero-order chi connectivity index (χ0) is 19.6. The van der Waals surface area contributed by atoms with Crippen LogP contribution >= 0.6 is 27.5 Å². The standard InChI is InChI=1S/C20H17BrClNO4/c21-14-6-2-12(3-7-14)17-16(18(25)13-4-8-15(22)9-5-13)19(26)20(27)23(17)10-1-11-24/h2-9,17,24-25H,1,10-11H2/b18-16+. The summed E-state index contributed by atoms with van der Waals surface area (Å²) in [5.41, 5.74) is 1.13. The van der Waals surface area contributed by atoms with Gasteiger partial charge in [-0.05, 0) is 48.4 Å². The number of rotatable bonds is 5. The number of carbonyl (C=O) groups excluding carboxylic acids is 2. The molecule has 27 heavy (non-hydrogen) atoms. The van der Waals surface area contributed by atoms with Crippen molar-refractivity contribution in [2.75, 3.05) is 13.2 Å². The number of carbonyl (C=O) groups is 2. The summed E-state index contributed by atoms with van der Waals surface area (Å²) < 4.78 is 0.858. The van der Waals surface area contributed by atoms with Crippen LogP contribution < -0.4 is 0 Å². The van der Waals surface area contributed by atoms with Crippen molar-refractivity contribution in [3.63, 3.8) is 0 Å². The van der Waals surface area contributed by atoms with Crippen LogP contribution in [0.4, 0.5) is 0 Å². The van der Waals surface area contributed by atoms with Crippen molar-refractivity contribution in [3.8, 4) is 0 Å². The van der Waals surface area contributed by atoms with E-state index in [0.29, 0.717) is 22.6 Å². The lowest BCUT2D eigenvalue weighted by Gasteiger charge is -2.25. The molecule has 1 aliphatic rings. The number of Topliss-reactive ketones (excluding diaryl/α,β-unsaturated/α-hetero) is 1. The van der Waals surface area contributed by atoms with Gasteiger partial charge in [-0.1, -0.05) is 39.7 Å². The largest absolute Gasteiger partial charge is 0.507 e. The van der Waals surface area contributed by atoms with Crippen molar-refractivity contribution in [1.82, 2.24) is 4.90 Å². The van der Waals surface area contributed by atoms with Gasteiger partial charge in [-0.3, -0.25) is 9.59 Å². The molecule has 1 fully saturated rings. The second-order valence-corrected chi connectivity index (χ2v) is 7.48. The van der Waals surface area contributed by atoms with Crippen LogP contribution in [0, 0.1) is 0 Å². The average Bonchev–Trinajstić information content (AvgIpc) is 2.91. The minimum Gasteiger partial charge on any atom is -0.507 e. The van der Waals surface area contributed by atoms with Crippen molar-refractivity contribution < 1.29 is 19.8 Å². The van der Waals surface area contributed by atoms with Gasteiger partial charge in [0.05, 0.1) is 11.6 Å². The molecule has 2 aromatic rings. The van der Waals surface area contributed by atoms with Gasteiger partial charge in [-0.25, -0.2) is 0 Å². The lowest BCUT2D eigenvalue weighted by atomic mass is 9.95. The first-order chi connectivity index (χ1) is 12.9. The number of likely N-dealkylation sites (tertiary alicyclic amines) is 1. The van der Waals surface area contributed by atoms with Crippen molar-refractivity contribution in [2.45, 2.75) is 12.5 Å². The SMILES string of the molecule is O=C1C(=O)N(CCCO)C(c2ccc(Br)cc2)/C1=C(\O)c1ccc(Cl)cc1. The predicted octanol–water partition coefficient (Wildman–Crippen LogP) is 3.91. The van der Waals surface area contributed by atoms with Crippen molar-refractivity contribution in [1.29, 1.82) is 0 Å². The maximum absolute atomic E-state index is 12.7. The Morgan fingerprint density at radius 2 is 1.70 bits per heavy atom. The predicted molar refractivity (Wildman–Crippen MR) is 106 cm³/mol. The van der Waals surface area contributed by atoms with E-state index in [1.165, 1.54) is 4.90 Å². The van der Waals surface area contributed by atoms with E-state index in [0.717, 1.165) is 4.47 Å². The summed E-state index contributed by atoms with van der Waals surface area (Å²) in [7, 11) is 0. The second kappa shape index (κ2) is 8.25. The summed E-state index contributed by atoms with van der Waals surface area (Å²) in [4.78, 5) is 26.7. The zero-order valence-electron chi connectivity index (χ0n) is 14.2. The molecule has 1 saturated heterocycles. The molecule has 0 aromatic heterocycles. The minimum absolute atomic E-state index is 0.0302. The van der Waals surface area contributed by atoms with Crippen molar-refractivity contribution in [3.05, 3.63) is 74.7 Å². The average molecular weight is 451 g/mol. The Morgan fingerprint density at radius 3 is 2.30 bits per heavy atom. The highest BCUT2D eigenvalue weighted by molar-refractivity contribution is 9.10. The number of benzene rings is 2. The van der Waals surface area contributed by atoms with Crippen LogP contribution in [0.25, 0.3) is 5.76 Å². The third-order valence-corrected chi connectivity index (χ3v) is 5.18. The lowest BCUT2D eigenvalue weighted by molar-refractivity contribution is -0.140. The van der Waals surface area contributed by atoms with Crippen molar-refractivity contribution in [2.24, 2.45) is 0 Å². The van der Waals surface area contributed by atoms with Gasteiger partial charge in [0.1, 0.15) is 5.76 Å². The highest BCUT2D eigenvalue weighted by atomic mass is 79.9. The molecule has 7 heteroatoms. The molecule has 5 nitrogen and oxygen atoms in total. The molecule has 0 radical (unpaired) electrons. The van der Waals surface area contributed by atoms with Gasteiger partial charge in [0.25, 0.3) is 11.7 Å². The maximum Gasteiger partial charge on any atom is 0.295 e. The normalized spacial score (nSPS) is 18.9. The van der Waals surface area contributed by atoms with Gasteiger partial charge in [-0.15, -0.1) is 0 Å². The van der Waals surface area contributed by atoms with Crippen LogP contribution in [-0.4, -0.2) is 40.0 Å². The van der Waals surface area contributed by atoms with Crippen LogP contribution in [0.5, 0.6) is 0 Å². The highest BCUT2D eigenvalue weighted by Crippen LogP contribution is 2.39. The van der Waals surface area contributed by atoms with Crippen LogP contribution in [0.15, 0.2) is 58.6 Å². The molecule has 0 spiro atoms. The Labute approximate surface area is 170 Å². The van der Waals surface area contributed by atoms with Gasteiger partial charge < -0.3 is 15.1 Å². The topological polar surface area (TPSA) is 77.8 Å². The Kier molecular flexibility index (Phi) is 5.99. The summed E-state index contributed by atoms with van der Waals surface area (Å²) in [5.74, 6) is -1.68. The van der Waals surface area contributed by atoms with E-state index in [1.54, 1.807) is 36.4 Å². The molecule has 0 aliphatic carbocycles. The zero-order valence-corrected chi connectivity index (χ0v) is 16.6. The maximum atomic E-state index is 12.7. The van der Waals surface area contributed by atoms with E-state index in [-0.39, 0.29) is 24.5 Å². The van der Waals surface area contributed by atoms with E-state index in [1.807, 2.05) is 12.1 Å². The van der Waals surface area contributed by atoms with Crippen LogP contribution in [-0.2, 0) is 9.59 Å². The number of aliphatic hydroxyl groups is 2. The quantitative estimate of drug-likeness (QED) is 0.411. The molecular formula is C20H17BrClNO4. The molecule has 1 heterocycles. The molecule has 2 aromatic carbocycles. The first kappa shape index (κ1) is 19.6. The molecule has 0 saturated carbocycles. The van der Waals surface area contributed by atoms with Gasteiger partial charge in [-0.2, -0.15) is 0 Å². The second-order valence-electron chi connectivity index (χ2n) is 6.13. The molecule has 1 amide bonds. The molecule has 1 unspecified atom stereocenters. The Morgan fingerprint density at radius 1 is 1.07 bits per heavy atom. The van der Waals surface area contributed by atoms with Gasteiger partial charge in [0.2, 0.25) is 0 Å². The van der Waals surface area contributed by atoms with E-state index in [9.17, 15) is 14.7 Å². The third kappa shape index (κ3) is 3.93. The molecule has 3 rings (SSSR count). The van der Waals surface area contributed by atoms with Crippen LogP contribution in [0.3, 0.4) is 0 Å². The Balaban J connectivity index is 2.14. The first-order valence-electron chi connectivity index (χ1n) is 8.34. The third-order valence-electron chi connectivity index (χ3n) is 4.40. The Hall–Kier alpha value is -2.15. The fourth-order valence-corrected chi connectivity index (χ4v) is 3.50. The van der Waals surface area contributed by atoms with E-state index >= 15 is 0 Å². The van der Waals surface area contributed by atoms with Crippen LogP contribution in [0.2, 0.25) is 5.02 Å². The molecule has 2 N–H and O–H groups in total. The van der Waals surface area contributed by atoms with E-state index in [4.69, 9.17) is 16.7 Å². The van der Waals surface area contributed by atoms with E-state index < -0.39 is 17.7 Å². The number of ketones is 1. The highest BCUT2D eigenvalue weighted by Gasteiger charge is 2.45. The number of amides is 1. The number of hydrogen-bond donors (Lipinski definition) is 2. The summed E-state index contributed by atoms with van der Waals surface area (Å²) in [5, 5.41) is 20.5. The smallest absolute Gasteiger partial charge is 0.295 e. The van der Waals surface area contributed by atoms with Gasteiger partial charge in [0.15, 0.2) is 0 Å². The number of hydrogen-bond acceptors (Lipinski definition) is 4. The summed E-state index contributed by atoms with van der Waals surface area (Å²) in [6, 6.07) is 12.9. The molecule has 0 bridgehead atoms. The minimum atomic E-state index is -0.742. The lowest BCUT2D eigenvalue weighted by Crippen LogP contribution is -2.31. The summed E-state index contributed by atoms with van der Waals surface area (Å²) >= 11 is 9.26. The van der Waals surface area contributed by atoms with Gasteiger partial charge in [0, 0.05) is 28.2 Å². The van der Waals surface area contributed by atoms with Crippen molar-refractivity contribution >= 4 is 45.0 Å². The molecule has 1 aliphatic heterocycles.